The van der Waals surface area contributed by atoms with Crippen molar-refractivity contribution in [2.24, 2.45) is 0 Å². The average Bonchev–Trinajstić information content (AvgIpc) is 3.65. The summed E-state index contributed by atoms with van der Waals surface area (Å²) in [7, 11) is 0.832. The van der Waals surface area contributed by atoms with Gasteiger partial charge in [0.05, 0.1) is 18.3 Å². The number of benzene rings is 1. The number of halogens is 5. The minimum atomic E-state index is -4.63. The molecule has 0 radical (unpaired) electrons. The zero-order chi connectivity index (χ0) is 32.8. The van der Waals surface area contributed by atoms with Crippen LogP contribution in [0.15, 0.2) is 48.7 Å². The van der Waals surface area contributed by atoms with Crippen molar-refractivity contribution < 1.29 is 27.0 Å². The number of imidazole rings is 1. The zero-order valence-corrected chi connectivity index (χ0v) is 28.2. The third-order valence-electron chi connectivity index (χ3n) is 8.62. The van der Waals surface area contributed by atoms with Crippen LogP contribution in [0.25, 0.3) is 22.6 Å². The summed E-state index contributed by atoms with van der Waals surface area (Å²) in [6.45, 7) is 3.43. The van der Waals surface area contributed by atoms with Crippen LogP contribution in [-0.2, 0) is 30.4 Å². The van der Waals surface area contributed by atoms with Crippen LogP contribution in [0.5, 0.6) is 5.88 Å². The molecular weight excluding hydrogens is 656 g/mol. The van der Waals surface area contributed by atoms with E-state index in [1.807, 2.05) is 18.2 Å². The summed E-state index contributed by atoms with van der Waals surface area (Å²) < 4.78 is 67.8. The minimum absolute atomic E-state index is 0.0243. The Bertz CT molecular complexity index is 1910. The standard InChI is InChI=1S/C31H31ClF4N8O2Si/c32-20-5-4-18(23(33)14-20)12-21-2-1-3-26(38-21)46-22-6-9-43(10-7-22)16-25-39-24-13-19(27-40-29(42-41-27)31(34,35)36)15-37-28(24)44(25)17-30(47)8-11-45-30/h1-5,13-15,22H,6-12,16-17H2,47H3,(H,40,41,42)/t30-/m1/s1. The number of nitrogens with zero attached hydrogens (tertiary/aromatic N) is 7. The number of ether oxygens (including phenoxy) is 2. The molecule has 0 amide bonds. The van der Waals surface area contributed by atoms with Crippen molar-refractivity contribution in [3.63, 3.8) is 0 Å². The molecule has 0 aliphatic carbocycles. The van der Waals surface area contributed by atoms with E-state index in [9.17, 15) is 17.6 Å². The van der Waals surface area contributed by atoms with Gasteiger partial charge in [-0.2, -0.15) is 13.2 Å². The summed E-state index contributed by atoms with van der Waals surface area (Å²) in [5.74, 6) is -0.238. The van der Waals surface area contributed by atoms with Gasteiger partial charge in [-0.25, -0.2) is 19.3 Å². The predicted molar refractivity (Wildman–Crippen MR) is 169 cm³/mol. The van der Waals surface area contributed by atoms with Gasteiger partial charge in [-0.1, -0.05) is 23.7 Å². The highest BCUT2D eigenvalue weighted by molar-refractivity contribution is 6.30. The topological polar surface area (TPSA) is 107 Å². The summed E-state index contributed by atoms with van der Waals surface area (Å²) in [4.78, 5) is 18.6. The first-order valence-electron chi connectivity index (χ1n) is 15.3. The maximum Gasteiger partial charge on any atom is 0.451 e. The van der Waals surface area contributed by atoms with E-state index in [4.69, 9.17) is 26.1 Å². The monoisotopic (exact) mass is 686 g/mol. The molecule has 1 N–H and O–H groups in total. The molecule has 6 heterocycles. The van der Waals surface area contributed by atoms with Gasteiger partial charge in [0, 0.05) is 64.9 Å². The first-order chi connectivity index (χ1) is 22.5. The largest absolute Gasteiger partial charge is 0.474 e. The van der Waals surface area contributed by atoms with E-state index in [-0.39, 0.29) is 23.0 Å². The molecule has 2 saturated heterocycles. The van der Waals surface area contributed by atoms with Gasteiger partial charge in [-0.3, -0.25) is 4.90 Å². The van der Waals surface area contributed by atoms with Gasteiger partial charge in [-0.05, 0) is 49.1 Å². The van der Waals surface area contributed by atoms with Crippen molar-refractivity contribution in [2.75, 3.05) is 19.7 Å². The number of aromatic nitrogens is 7. The number of likely N-dealkylation sites (tertiary alicyclic amines) is 1. The number of hydrogen-bond donors (Lipinski definition) is 1. The van der Waals surface area contributed by atoms with Crippen molar-refractivity contribution in [1.82, 2.24) is 39.6 Å². The Hall–Kier alpha value is -3.92. The Kier molecular flexibility index (Phi) is 8.49. The van der Waals surface area contributed by atoms with Crippen molar-refractivity contribution in [3.8, 4) is 17.3 Å². The average molecular weight is 687 g/mol. The fourth-order valence-electron chi connectivity index (χ4n) is 5.94. The Morgan fingerprint density at radius 1 is 1.11 bits per heavy atom. The van der Waals surface area contributed by atoms with Crippen LogP contribution >= 0.6 is 11.6 Å². The van der Waals surface area contributed by atoms with E-state index in [2.05, 4.69) is 34.6 Å². The molecule has 1 atom stereocenters. The first-order valence-corrected chi connectivity index (χ1v) is 16.7. The lowest BCUT2D eigenvalue weighted by Gasteiger charge is -2.39. The Morgan fingerprint density at radius 2 is 1.91 bits per heavy atom. The van der Waals surface area contributed by atoms with Crippen LogP contribution in [0.1, 0.15) is 42.2 Å². The van der Waals surface area contributed by atoms with Crippen molar-refractivity contribution in [3.05, 3.63) is 82.4 Å². The fraction of sp³-hybridized carbons (Fsp3) is 0.387. The van der Waals surface area contributed by atoms with Gasteiger partial charge in [0.15, 0.2) is 11.5 Å². The zero-order valence-electron chi connectivity index (χ0n) is 25.4. The van der Waals surface area contributed by atoms with Gasteiger partial charge in [0.25, 0.3) is 0 Å². The van der Waals surface area contributed by atoms with Crippen LogP contribution in [-0.4, -0.2) is 80.9 Å². The second kappa shape index (κ2) is 12.6. The molecular formula is C31H31ClF4N8O2Si. The third kappa shape index (κ3) is 7.03. The van der Waals surface area contributed by atoms with E-state index in [0.29, 0.717) is 58.4 Å². The van der Waals surface area contributed by atoms with E-state index < -0.39 is 12.0 Å². The van der Waals surface area contributed by atoms with E-state index in [1.165, 1.54) is 12.3 Å². The molecule has 5 aromatic rings. The molecule has 0 bridgehead atoms. The predicted octanol–water partition coefficient (Wildman–Crippen LogP) is 4.54. The number of piperidine rings is 1. The number of nitrogens with one attached hydrogen (secondary N) is 1. The van der Waals surface area contributed by atoms with Crippen molar-refractivity contribution >= 4 is 33.0 Å². The molecule has 2 aliphatic heterocycles. The molecule has 7 rings (SSSR count). The number of H-pyrrole nitrogens is 1. The van der Waals surface area contributed by atoms with Crippen molar-refractivity contribution in [2.45, 2.75) is 56.3 Å². The Morgan fingerprint density at radius 3 is 2.62 bits per heavy atom. The lowest BCUT2D eigenvalue weighted by Crippen LogP contribution is -2.48. The number of fused-ring (bicyclic) bond motifs is 1. The normalized spacial score (nSPS) is 19.3. The van der Waals surface area contributed by atoms with Crippen LogP contribution in [0, 0.1) is 5.82 Å². The maximum atomic E-state index is 14.3. The Balaban J connectivity index is 1.03. The van der Waals surface area contributed by atoms with Crippen LogP contribution in [0.4, 0.5) is 17.6 Å². The van der Waals surface area contributed by atoms with Gasteiger partial charge < -0.3 is 19.0 Å². The number of alkyl halides is 3. The summed E-state index contributed by atoms with van der Waals surface area (Å²) in [6, 6.07) is 11.8. The van der Waals surface area contributed by atoms with Crippen LogP contribution < -0.4 is 4.74 Å². The summed E-state index contributed by atoms with van der Waals surface area (Å²) in [6.07, 6.45) is -0.318. The number of aromatic amines is 1. The molecule has 246 valence electrons. The lowest BCUT2D eigenvalue weighted by atomic mass is 10.1. The van der Waals surface area contributed by atoms with Gasteiger partial charge in [0.2, 0.25) is 11.7 Å². The van der Waals surface area contributed by atoms with Gasteiger partial charge in [0.1, 0.15) is 23.3 Å². The molecule has 2 aliphatic rings. The number of rotatable bonds is 9. The summed E-state index contributed by atoms with van der Waals surface area (Å²) >= 11 is 5.88. The van der Waals surface area contributed by atoms with Crippen LogP contribution in [0.3, 0.4) is 0 Å². The minimum Gasteiger partial charge on any atom is -0.474 e. The smallest absolute Gasteiger partial charge is 0.451 e. The lowest BCUT2D eigenvalue weighted by molar-refractivity contribution is -0.144. The van der Waals surface area contributed by atoms with E-state index in [0.717, 1.165) is 55.0 Å². The third-order valence-corrected chi connectivity index (χ3v) is 9.96. The van der Waals surface area contributed by atoms with Crippen LogP contribution in [0.2, 0.25) is 5.02 Å². The number of hydrogen-bond acceptors (Lipinski definition) is 8. The highest BCUT2D eigenvalue weighted by Crippen LogP contribution is 2.31. The second-order valence-electron chi connectivity index (χ2n) is 12.2. The Labute approximate surface area is 274 Å². The summed E-state index contributed by atoms with van der Waals surface area (Å²) in [5.41, 5.74) is 2.79. The second-order valence-corrected chi connectivity index (χ2v) is 14.5. The molecule has 0 saturated carbocycles. The van der Waals surface area contributed by atoms with E-state index >= 15 is 0 Å². The quantitative estimate of drug-likeness (QED) is 0.178. The highest BCUT2D eigenvalue weighted by atomic mass is 35.5. The maximum absolute atomic E-state index is 14.3. The molecule has 4 aromatic heterocycles. The highest BCUT2D eigenvalue weighted by Gasteiger charge is 2.36. The molecule has 16 heteroatoms. The van der Waals surface area contributed by atoms with Gasteiger partial charge in [-0.15, -0.1) is 10.2 Å². The molecule has 10 nitrogen and oxygen atoms in total. The molecule has 47 heavy (non-hydrogen) atoms. The molecule has 1 aromatic carbocycles. The fourth-order valence-corrected chi connectivity index (χ4v) is 6.82. The molecule has 2 fully saturated rings. The molecule has 0 unspecified atom stereocenters. The SMILES string of the molecule is Fc1cc(Cl)ccc1Cc1cccc(OC2CCN(Cc3nc4cc(-c5nnc(C(F)(F)F)[nH]5)cnc4n3C[C@]3([SiH3])CCO3)CC2)n1. The molecule has 0 spiro atoms. The summed E-state index contributed by atoms with van der Waals surface area (Å²) in [5, 5.41) is 7.05. The van der Waals surface area contributed by atoms with Crippen molar-refractivity contribution in [1.29, 1.82) is 0 Å². The number of pyridine rings is 2. The first kappa shape index (κ1) is 31.7. The van der Waals surface area contributed by atoms with Gasteiger partial charge >= 0.3 is 6.18 Å². The van der Waals surface area contributed by atoms with E-state index in [1.54, 1.807) is 18.2 Å².